The number of hydrogen-bond donors (Lipinski definition) is 1. The molecule has 0 aliphatic rings. The van der Waals surface area contributed by atoms with Crippen molar-refractivity contribution >= 4 is 11.6 Å². The standard InChI is InChI=1S/C14H22ClN/c1-3-5-10-14(16,4-2)11-12-6-8-13(15)9-7-12/h6-9H,3-5,10-11,16H2,1-2H3. The minimum absolute atomic E-state index is 0.0517. The van der Waals surface area contributed by atoms with Crippen molar-refractivity contribution in [3.05, 3.63) is 34.9 Å². The molecule has 1 rings (SSSR count). The van der Waals surface area contributed by atoms with Gasteiger partial charge in [-0.2, -0.15) is 0 Å². The van der Waals surface area contributed by atoms with E-state index < -0.39 is 0 Å². The number of hydrogen-bond acceptors (Lipinski definition) is 1. The summed E-state index contributed by atoms with van der Waals surface area (Å²) in [7, 11) is 0. The van der Waals surface area contributed by atoms with E-state index in [-0.39, 0.29) is 5.54 Å². The molecule has 2 N–H and O–H groups in total. The van der Waals surface area contributed by atoms with Gasteiger partial charge in [-0.15, -0.1) is 0 Å². The number of unbranched alkanes of at least 4 members (excludes halogenated alkanes) is 1. The van der Waals surface area contributed by atoms with Crippen molar-refractivity contribution < 1.29 is 0 Å². The van der Waals surface area contributed by atoms with E-state index in [1.54, 1.807) is 0 Å². The molecular formula is C14H22ClN. The van der Waals surface area contributed by atoms with Crippen LogP contribution in [0.3, 0.4) is 0 Å². The number of nitrogens with two attached hydrogens (primary N) is 1. The van der Waals surface area contributed by atoms with Crippen LogP contribution in [-0.4, -0.2) is 5.54 Å². The molecule has 0 aliphatic heterocycles. The predicted molar refractivity (Wildman–Crippen MR) is 71.9 cm³/mol. The summed E-state index contributed by atoms with van der Waals surface area (Å²) in [5, 5.41) is 0.788. The fraction of sp³-hybridized carbons (Fsp3) is 0.571. The zero-order valence-electron chi connectivity index (χ0n) is 10.3. The average molecular weight is 240 g/mol. The second kappa shape index (κ2) is 6.27. The second-order valence-corrected chi connectivity index (χ2v) is 5.06. The van der Waals surface area contributed by atoms with E-state index >= 15 is 0 Å². The third-order valence-electron chi connectivity index (χ3n) is 3.20. The molecule has 0 bridgehead atoms. The lowest BCUT2D eigenvalue weighted by Gasteiger charge is -2.28. The summed E-state index contributed by atoms with van der Waals surface area (Å²) in [6.07, 6.45) is 5.48. The lowest BCUT2D eigenvalue weighted by molar-refractivity contribution is 0.365. The lowest BCUT2D eigenvalue weighted by Crippen LogP contribution is -2.41. The molecule has 0 saturated heterocycles. The van der Waals surface area contributed by atoms with Crippen LogP contribution in [0.25, 0.3) is 0 Å². The topological polar surface area (TPSA) is 26.0 Å². The highest BCUT2D eigenvalue weighted by molar-refractivity contribution is 6.30. The number of rotatable bonds is 6. The maximum absolute atomic E-state index is 6.42. The molecule has 0 aliphatic carbocycles. The van der Waals surface area contributed by atoms with Gasteiger partial charge in [0.1, 0.15) is 0 Å². The Morgan fingerprint density at radius 1 is 1.19 bits per heavy atom. The highest BCUT2D eigenvalue weighted by Gasteiger charge is 2.22. The summed E-state index contributed by atoms with van der Waals surface area (Å²) in [6, 6.07) is 8.02. The van der Waals surface area contributed by atoms with Gasteiger partial charge in [-0.1, -0.05) is 50.4 Å². The monoisotopic (exact) mass is 239 g/mol. The number of benzene rings is 1. The Labute approximate surface area is 104 Å². The van der Waals surface area contributed by atoms with Crippen molar-refractivity contribution in [3.8, 4) is 0 Å². The minimum atomic E-state index is -0.0517. The largest absolute Gasteiger partial charge is 0.325 e. The van der Waals surface area contributed by atoms with Crippen molar-refractivity contribution in [3.63, 3.8) is 0 Å². The van der Waals surface area contributed by atoms with Gasteiger partial charge in [-0.25, -0.2) is 0 Å². The van der Waals surface area contributed by atoms with Gasteiger partial charge in [-0.05, 0) is 37.0 Å². The van der Waals surface area contributed by atoms with Gasteiger partial charge in [0.2, 0.25) is 0 Å². The Morgan fingerprint density at radius 2 is 1.81 bits per heavy atom. The first-order valence-corrected chi connectivity index (χ1v) is 6.51. The summed E-state index contributed by atoms with van der Waals surface area (Å²) in [4.78, 5) is 0. The van der Waals surface area contributed by atoms with E-state index in [4.69, 9.17) is 17.3 Å². The van der Waals surface area contributed by atoms with Gasteiger partial charge in [0, 0.05) is 10.6 Å². The zero-order valence-corrected chi connectivity index (χ0v) is 11.1. The molecule has 1 aromatic rings. The highest BCUT2D eigenvalue weighted by Crippen LogP contribution is 2.22. The van der Waals surface area contributed by atoms with Crippen LogP contribution < -0.4 is 5.73 Å². The quantitative estimate of drug-likeness (QED) is 0.792. The van der Waals surface area contributed by atoms with E-state index in [0.29, 0.717) is 0 Å². The first-order valence-electron chi connectivity index (χ1n) is 6.13. The fourth-order valence-electron chi connectivity index (χ4n) is 1.93. The van der Waals surface area contributed by atoms with E-state index in [1.807, 2.05) is 12.1 Å². The normalized spacial score (nSPS) is 14.8. The Balaban J connectivity index is 2.64. The average Bonchev–Trinajstić information content (AvgIpc) is 2.30. The van der Waals surface area contributed by atoms with Crippen LogP contribution in [0.2, 0.25) is 5.02 Å². The van der Waals surface area contributed by atoms with Crippen LogP contribution in [0.4, 0.5) is 0 Å². The maximum Gasteiger partial charge on any atom is 0.0406 e. The van der Waals surface area contributed by atoms with Crippen molar-refractivity contribution in [2.24, 2.45) is 5.73 Å². The maximum atomic E-state index is 6.42. The molecule has 0 amide bonds. The molecule has 16 heavy (non-hydrogen) atoms. The van der Waals surface area contributed by atoms with Gasteiger partial charge in [0.05, 0.1) is 0 Å². The van der Waals surface area contributed by atoms with Crippen LogP contribution in [0.1, 0.15) is 45.1 Å². The molecule has 1 atom stereocenters. The van der Waals surface area contributed by atoms with Crippen LogP contribution in [0.15, 0.2) is 24.3 Å². The Kier molecular flexibility index (Phi) is 5.30. The molecule has 1 aromatic carbocycles. The Hall–Kier alpha value is -0.530. The van der Waals surface area contributed by atoms with E-state index in [1.165, 1.54) is 18.4 Å². The molecule has 0 heterocycles. The van der Waals surface area contributed by atoms with Crippen molar-refractivity contribution in [2.45, 2.75) is 51.5 Å². The van der Waals surface area contributed by atoms with Crippen molar-refractivity contribution in [2.75, 3.05) is 0 Å². The molecule has 1 nitrogen and oxygen atoms in total. The Morgan fingerprint density at radius 3 is 2.31 bits per heavy atom. The third kappa shape index (κ3) is 4.15. The van der Waals surface area contributed by atoms with Crippen molar-refractivity contribution in [1.29, 1.82) is 0 Å². The Bertz CT molecular complexity index is 307. The third-order valence-corrected chi connectivity index (χ3v) is 3.45. The second-order valence-electron chi connectivity index (χ2n) is 4.62. The molecular weight excluding hydrogens is 218 g/mol. The van der Waals surface area contributed by atoms with E-state index in [2.05, 4.69) is 26.0 Å². The number of halogens is 1. The SMILES string of the molecule is CCCCC(N)(CC)Cc1ccc(Cl)cc1. The van der Waals surface area contributed by atoms with Gasteiger partial charge >= 0.3 is 0 Å². The van der Waals surface area contributed by atoms with Gasteiger partial charge in [0.25, 0.3) is 0 Å². The molecule has 90 valence electrons. The van der Waals surface area contributed by atoms with Crippen LogP contribution in [-0.2, 0) is 6.42 Å². The summed E-state index contributed by atoms with van der Waals surface area (Å²) < 4.78 is 0. The molecule has 0 aromatic heterocycles. The van der Waals surface area contributed by atoms with Crippen molar-refractivity contribution in [1.82, 2.24) is 0 Å². The van der Waals surface area contributed by atoms with Gasteiger partial charge in [-0.3, -0.25) is 0 Å². The minimum Gasteiger partial charge on any atom is -0.325 e. The van der Waals surface area contributed by atoms with Gasteiger partial charge < -0.3 is 5.73 Å². The lowest BCUT2D eigenvalue weighted by atomic mass is 9.85. The molecule has 0 spiro atoms. The summed E-state index contributed by atoms with van der Waals surface area (Å²) >= 11 is 5.87. The summed E-state index contributed by atoms with van der Waals surface area (Å²) in [5.74, 6) is 0. The molecule has 1 unspecified atom stereocenters. The van der Waals surface area contributed by atoms with Crippen LogP contribution in [0, 0.1) is 0 Å². The van der Waals surface area contributed by atoms with E-state index in [9.17, 15) is 0 Å². The fourth-order valence-corrected chi connectivity index (χ4v) is 2.05. The van der Waals surface area contributed by atoms with Gasteiger partial charge in [0.15, 0.2) is 0 Å². The van der Waals surface area contributed by atoms with Crippen LogP contribution in [0.5, 0.6) is 0 Å². The zero-order chi connectivity index (χ0) is 12.0. The molecule has 0 radical (unpaired) electrons. The smallest absolute Gasteiger partial charge is 0.0406 e. The molecule has 0 fully saturated rings. The van der Waals surface area contributed by atoms with E-state index in [0.717, 1.165) is 24.3 Å². The summed E-state index contributed by atoms with van der Waals surface area (Å²) in [5.41, 5.74) is 7.65. The van der Waals surface area contributed by atoms with Crippen LogP contribution >= 0.6 is 11.6 Å². The predicted octanol–water partition coefficient (Wildman–Crippen LogP) is 4.18. The first kappa shape index (κ1) is 13.5. The molecule has 0 saturated carbocycles. The highest BCUT2D eigenvalue weighted by atomic mass is 35.5. The first-order chi connectivity index (χ1) is 7.59. The summed E-state index contributed by atoms with van der Waals surface area (Å²) in [6.45, 7) is 4.38. The molecule has 2 heteroatoms.